The topological polar surface area (TPSA) is 36.0 Å². The Bertz CT molecular complexity index is 677. The van der Waals surface area contributed by atoms with Crippen molar-refractivity contribution in [3.8, 4) is 5.75 Å². The number of unbranched alkanes of at least 4 members (excludes halogenated alkanes) is 1. The minimum Gasteiger partial charge on any atom is -0.494 e. The SMILES string of the molecule is CCCCN(C)CCCOc1ccc(C2(CN3CCN(C(C)=O)CC3)CCCCC2)cc1. The molecular formula is C27H45N3O2. The lowest BCUT2D eigenvalue weighted by Gasteiger charge is -2.44. The van der Waals surface area contributed by atoms with Gasteiger partial charge in [0.1, 0.15) is 5.75 Å². The predicted octanol–water partition coefficient (Wildman–Crippen LogP) is 4.55. The Kier molecular flexibility index (Phi) is 9.86. The second kappa shape index (κ2) is 12.6. The first-order valence-electron chi connectivity index (χ1n) is 12.9. The van der Waals surface area contributed by atoms with Crippen molar-refractivity contribution in [2.24, 2.45) is 0 Å². The maximum Gasteiger partial charge on any atom is 0.219 e. The zero-order valence-corrected chi connectivity index (χ0v) is 20.8. The maximum atomic E-state index is 11.7. The fraction of sp³-hybridized carbons (Fsp3) is 0.741. The molecule has 0 radical (unpaired) electrons. The van der Waals surface area contributed by atoms with Crippen LogP contribution in [0.25, 0.3) is 0 Å². The number of carbonyl (C=O) groups excluding carboxylic acids is 1. The third kappa shape index (κ3) is 7.21. The van der Waals surface area contributed by atoms with Crippen LogP contribution in [0.15, 0.2) is 24.3 Å². The number of piperazine rings is 1. The molecule has 0 spiro atoms. The van der Waals surface area contributed by atoms with E-state index in [-0.39, 0.29) is 11.3 Å². The van der Waals surface area contributed by atoms with Crippen molar-refractivity contribution in [1.29, 1.82) is 0 Å². The Balaban J connectivity index is 1.53. The highest BCUT2D eigenvalue weighted by Gasteiger charge is 2.36. The van der Waals surface area contributed by atoms with Crippen LogP contribution in [0.1, 0.15) is 70.8 Å². The number of carbonyl (C=O) groups is 1. The van der Waals surface area contributed by atoms with Gasteiger partial charge in [0.15, 0.2) is 0 Å². The minimum atomic E-state index is 0.209. The number of amides is 1. The van der Waals surface area contributed by atoms with E-state index in [1.165, 1.54) is 57.1 Å². The second-order valence-corrected chi connectivity index (χ2v) is 10.0. The van der Waals surface area contributed by atoms with Gasteiger partial charge in [-0.15, -0.1) is 0 Å². The average molecular weight is 444 g/mol. The van der Waals surface area contributed by atoms with Crippen molar-refractivity contribution in [1.82, 2.24) is 14.7 Å². The average Bonchev–Trinajstić information content (AvgIpc) is 2.82. The quantitative estimate of drug-likeness (QED) is 0.470. The number of nitrogens with zero attached hydrogens (tertiary/aromatic N) is 3. The van der Waals surface area contributed by atoms with E-state index in [4.69, 9.17) is 4.74 Å². The molecule has 180 valence electrons. The summed E-state index contributed by atoms with van der Waals surface area (Å²) in [6.07, 6.45) is 10.1. The number of benzene rings is 1. The number of rotatable bonds is 11. The van der Waals surface area contributed by atoms with E-state index < -0.39 is 0 Å². The fourth-order valence-corrected chi connectivity index (χ4v) is 5.38. The second-order valence-electron chi connectivity index (χ2n) is 10.0. The molecule has 1 heterocycles. The summed E-state index contributed by atoms with van der Waals surface area (Å²) in [4.78, 5) is 18.6. The van der Waals surface area contributed by atoms with E-state index in [1.54, 1.807) is 6.92 Å². The van der Waals surface area contributed by atoms with Crippen molar-refractivity contribution >= 4 is 5.91 Å². The Hall–Kier alpha value is -1.59. The maximum absolute atomic E-state index is 11.7. The van der Waals surface area contributed by atoms with Crippen molar-refractivity contribution in [2.45, 2.75) is 70.6 Å². The molecule has 0 N–H and O–H groups in total. The molecule has 5 heteroatoms. The summed E-state index contributed by atoms with van der Waals surface area (Å²) in [6, 6.07) is 9.00. The van der Waals surface area contributed by atoms with E-state index in [0.717, 1.165) is 58.0 Å². The minimum absolute atomic E-state index is 0.209. The van der Waals surface area contributed by atoms with Crippen LogP contribution in [0, 0.1) is 0 Å². The Morgan fingerprint density at radius 1 is 1.00 bits per heavy atom. The van der Waals surface area contributed by atoms with Gasteiger partial charge in [-0.1, -0.05) is 44.7 Å². The summed E-state index contributed by atoms with van der Waals surface area (Å²) in [7, 11) is 2.20. The van der Waals surface area contributed by atoms with Crippen LogP contribution in [0.2, 0.25) is 0 Å². The lowest BCUT2D eigenvalue weighted by Crippen LogP contribution is -2.52. The van der Waals surface area contributed by atoms with Crippen molar-refractivity contribution < 1.29 is 9.53 Å². The highest BCUT2D eigenvalue weighted by Crippen LogP contribution is 2.41. The molecule has 0 aromatic heterocycles. The van der Waals surface area contributed by atoms with Crippen LogP contribution in [-0.2, 0) is 10.2 Å². The first-order valence-corrected chi connectivity index (χ1v) is 12.9. The van der Waals surface area contributed by atoms with E-state index in [1.807, 2.05) is 4.90 Å². The first kappa shape index (κ1) is 25.0. The van der Waals surface area contributed by atoms with Gasteiger partial charge in [-0.2, -0.15) is 0 Å². The normalized spacial score (nSPS) is 19.3. The van der Waals surface area contributed by atoms with Gasteiger partial charge < -0.3 is 14.5 Å². The number of ether oxygens (including phenoxy) is 1. The highest BCUT2D eigenvalue weighted by molar-refractivity contribution is 5.73. The molecule has 1 aliphatic heterocycles. The van der Waals surface area contributed by atoms with Crippen LogP contribution in [0.4, 0.5) is 0 Å². The molecule has 1 aromatic carbocycles. The van der Waals surface area contributed by atoms with Crippen LogP contribution < -0.4 is 4.74 Å². The zero-order chi connectivity index (χ0) is 22.8. The molecule has 0 unspecified atom stereocenters. The monoisotopic (exact) mass is 443 g/mol. The highest BCUT2D eigenvalue weighted by atomic mass is 16.5. The molecule has 1 aromatic rings. The molecule has 2 aliphatic rings. The van der Waals surface area contributed by atoms with Crippen LogP contribution in [-0.4, -0.2) is 80.1 Å². The van der Waals surface area contributed by atoms with Crippen molar-refractivity contribution in [2.75, 3.05) is 59.5 Å². The zero-order valence-electron chi connectivity index (χ0n) is 20.8. The molecule has 5 nitrogen and oxygen atoms in total. The van der Waals surface area contributed by atoms with Gasteiger partial charge in [0.05, 0.1) is 6.61 Å². The third-order valence-corrected chi connectivity index (χ3v) is 7.47. The molecule has 1 amide bonds. The Morgan fingerprint density at radius 2 is 1.66 bits per heavy atom. The van der Waals surface area contributed by atoms with E-state index in [0.29, 0.717) is 0 Å². The van der Waals surface area contributed by atoms with Gasteiger partial charge >= 0.3 is 0 Å². The predicted molar refractivity (Wildman–Crippen MR) is 132 cm³/mol. The first-order chi connectivity index (χ1) is 15.5. The standard InChI is InChI=1S/C27H45N3O2/c1-4-5-16-28(3)17-9-22-32-26-12-10-25(11-13-26)27(14-7-6-8-15-27)23-29-18-20-30(21-19-29)24(2)31/h10-13H,4-9,14-23H2,1-3H3. The van der Waals surface area contributed by atoms with E-state index in [9.17, 15) is 4.79 Å². The van der Waals surface area contributed by atoms with Crippen LogP contribution in [0.3, 0.4) is 0 Å². The van der Waals surface area contributed by atoms with E-state index in [2.05, 4.69) is 48.0 Å². The van der Waals surface area contributed by atoms with Crippen LogP contribution >= 0.6 is 0 Å². The van der Waals surface area contributed by atoms with E-state index >= 15 is 0 Å². The summed E-state index contributed by atoms with van der Waals surface area (Å²) in [5.74, 6) is 1.20. The molecule has 32 heavy (non-hydrogen) atoms. The summed E-state index contributed by atoms with van der Waals surface area (Å²) < 4.78 is 6.05. The van der Waals surface area contributed by atoms with Gasteiger partial charge in [-0.3, -0.25) is 9.69 Å². The third-order valence-electron chi connectivity index (χ3n) is 7.47. The van der Waals surface area contributed by atoms with Gasteiger partial charge in [0, 0.05) is 51.6 Å². The van der Waals surface area contributed by atoms with Gasteiger partial charge in [-0.25, -0.2) is 0 Å². The molecule has 1 saturated heterocycles. The van der Waals surface area contributed by atoms with Gasteiger partial charge in [-0.05, 0) is 57.0 Å². The molecule has 1 aliphatic carbocycles. The summed E-state index contributed by atoms with van der Waals surface area (Å²) >= 11 is 0. The molecule has 2 fully saturated rings. The lowest BCUT2D eigenvalue weighted by atomic mass is 9.69. The smallest absolute Gasteiger partial charge is 0.219 e. The van der Waals surface area contributed by atoms with Crippen molar-refractivity contribution in [3.63, 3.8) is 0 Å². The largest absolute Gasteiger partial charge is 0.494 e. The molecule has 0 atom stereocenters. The fourth-order valence-electron chi connectivity index (χ4n) is 5.38. The molecular weight excluding hydrogens is 398 g/mol. The lowest BCUT2D eigenvalue weighted by molar-refractivity contribution is -0.130. The van der Waals surface area contributed by atoms with Crippen LogP contribution in [0.5, 0.6) is 5.75 Å². The van der Waals surface area contributed by atoms with Crippen molar-refractivity contribution in [3.05, 3.63) is 29.8 Å². The van der Waals surface area contributed by atoms with Gasteiger partial charge in [0.25, 0.3) is 0 Å². The molecule has 0 bridgehead atoms. The number of hydrogen-bond donors (Lipinski definition) is 0. The number of hydrogen-bond acceptors (Lipinski definition) is 4. The summed E-state index contributed by atoms with van der Waals surface area (Å²) in [6.45, 7) is 11.8. The Labute approximate surface area is 196 Å². The van der Waals surface area contributed by atoms with Gasteiger partial charge in [0.2, 0.25) is 5.91 Å². The summed E-state index contributed by atoms with van der Waals surface area (Å²) in [5, 5.41) is 0. The Morgan fingerprint density at radius 3 is 2.28 bits per heavy atom. The molecule has 1 saturated carbocycles. The molecule has 3 rings (SSSR count). The summed E-state index contributed by atoms with van der Waals surface area (Å²) in [5.41, 5.74) is 1.72.